The number of rotatable bonds is 3. The van der Waals surface area contributed by atoms with Gasteiger partial charge in [0.25, 0.3) is 0 Å². The molecule has 5 rings (SSSR count). The van der Waals surface area contributed by atoms with Gasteiger partial charge in [-0.3, -0.25) is 0 Å². The van der Waals surface area contributed by atoms with Gasteiger partial charge in [0.05, 0.1) is 25.4 Å². The van der Waals surface area contributed by atoms with Crippen LogP contribution in [-0.4, -0.2) is 54.6 Å². The SMILES string of the molecule is COCC(O)[C@@]1(O)CC[C@H]2[C@@H]3CCC4=C(CCC5(C4)OCCO5)C3=CC[C@@]21C. The van der Waals surface area contributed by atoms with Gasteiger partial charge < -0.3 is 24.4 Å². The molecule has 0 aromatic carbocycles. The average molecular weight is 391 g/mol. The molecule has 156 valence electrons. The van der Waals surface area contributed by atoms with E-state index in [9.17, 15) is 10.2 Å². The van der Waals surface area contributed by atoms with E-state index in [2.05, 4.69) is 13.0 Å². The van der Waals surface area contributed by atoms with Crippen LogP contribution in [0.15, 0.2) is 22.8 Å². The summed E-state index contributed by atoms with van der Waals surface area (Å²) in [7, 11) is 1.59. The Kier molecular flexibility index (Phi) is 4.57. The number of methoxy groups -OCH3 is 1. The van der Waals surface area contributed by atoms with Crippen molar-refractivity contribution >= 4 is 0 Å². The van der Waals surface area contributed by atoms with Crippen molar-refractivity contribution in [1.82, 2.24) is 0 Å². The Labute approximate surface area is 167 Å². The fourth-order valence-corrected chi connectivity index (χ4v) is 7.18. The predicted molar refractivity (Wildman–Crippen MR) is 105 cm³/mol. The van der Waals surface area contributed by atoms with Gasteiger partial charge in [0.15, 0.2) is 5.79 Å². The summed E-state index contributed by atoms with van der Waals surface area (Å²) in [4.78, 5) is 0. The van der Waals surface area contributed by atoms with E-state index in [-0.39, 0.29) is 17.8 Å². The zero-order chi connectivity index (χ0) is 19.6. The molecule has 5 heteroatoms. The summed E-state index contributed by atoms with van der Waals surface area (Å²) >= 11 is 0. The highest BCUT2D eigenvalue weighted by atomic mass is 16.7. The maximum Gasteiger partial charge on any atom is 0.172 e. The molecular weight excluding hydrogens is 356 g/mol. The normalized spacial score (nSPS) is 42.8. The third-order valence-corrected chi connectivity index (χ3v) is 8.74. The topological polar surface area (TPSA) is 68.2 Å². The van der Waals surface area contributed by atoms with Crippen LogP contribution in [-0.2, 0) is 14.2 Å². The Balaban J connectivity index is 1.44. The monoisotopic (exact) mass is 390 g/mol. The lowest BCUT2D eigenvalue weighted by molar-refractivity contribution is -0.168. The second kappa shape index (κ2) is 6.64. The molecule has 2 N–H and O–H groups in total. The summed E-state index contributed by atoms with van der Waals surface area (Å²) in [6, 6.07) is 0. The minimum atomic E-state index is -1.06. The van der Waals surface area contributed by atoms with Crippen LogP contribution in [0.25, 0.3) is 0 Å². The predicted octanol–water partition coefficient (Wildman–Crippen LogP) is 3.10. The standard InChI is InChI=1S/C23H34O5/c1-21-8-5-17-16-6-9-22(27-11-12-28-22)13-15(16)3-4-18(17)19(21)7-10-23(21,25)20(24)14-26-2/h5,18-20,24-25H,3-4,6-14H2,1-2H3/t18-,19+,20?,21+,23+/m1/s1. The Morgan fingerprint density at radius 3 is 2.75 bits per heavy atom. The van der Waals surface area contributed by atoms with Crippen LogP contribution < -0.4 is 0 Å². The lowest BCUT2D eigenvalue weighted by atomic mass is 9.55. The molecule has 0 aromatic rings. The molecule has 5 atom stereocenters. The number of aliphatic hydroxyl groups excluding tert-OH is 1. The van der Waals surface area contributed by atoms with Crippen molar-refractivity contribution in [2.45, 2.75) is 75.8 Å². The third-order valence-electron chi connectivity index (χ3n) is 8.74. The van der Waals surface area contributed by atoms with Gasteiger partial charge in [0, 0.05) is 25.4 Å². The average Bonchev–Trinajstić information content (AvgIpc) is 3.24. The number of aliphatic hydroxyl groups is 2. The number of hydrogen-bond acceptors (Lipinski definition) is 5. The molecule has 0 amide bonds. The summed E-state index contributed by atoms with van der Waals surface area (Å²) in [5.41, 5.74) is 3.27. The van der Waals surface area contributed by atoms with Crippen LogP contribution in [0.1, 0.15) is 58.3 Å². The van der Waals surface area contributed by atoms with Crippen molar-refractivity contribution in [1.29, 1.82) is 0 Å². The van der Waals surface area contributed by atoms with E-state index >= 15 is 0 Å². The number of fused-ring (bicyclic) bond motifs is 4. The molecule has 0 bridgehead atoms. The molecule has 1 aliphatic heterocycles. The van der Waals surface area contributed by atoms with Gasteiger partial charge in [-0.15, -0.1) is 0 Å². The minimum absolute atomic E-state index is 0.192. The molecule has 1 heterocycles. The van der Waals surface area contributed by atoms with E-state index in [1.54, 1.807) is 12.7 Å². The van der Waals surface area contributed by atoms with Gasteiger partial charge in [-0.2, -0.15) is 0 Å². The lowest BCUT2D eigenvalue weighted by Gasteiger charge is -2.52. The summed E-state index contributed by atoms with van der Waals surface area (Å²) in [6.07, 6.45) is 9.19. The van der Waals surface area contributed by atoms with Crippen molar-refractivity contribution in [3.8, 4) is 0 Å². The summed E-state index contributed by atoms with van der Waals surface area (Å²) in [6.45, 7) is 3.82. The van der Waals surface area contributed by atoms with Crippen molar-refractivity contribution in [2.75, 3.05) is 26.9 Å². The number of ether oxygens (including phenoxy) is 3. The smallest absolute Gasteiger partial charge is 0.172 e. The van der Waals surface area contributed by atoms with Gasteiger partial charge in [-0.05, 0) is 61.5 Å². The van der Waals surface area contributed by atoms with E-state index in [0.29, 0.717) is 18.3 Å². The van der Waals surface area contributed by atoms with Crippen molar-refractivity contribution in [3.05, 3.63) is 22.8 Å². The highest BCUT2D eigenvalue weighted by Gasteiger charge is 2.62. The van der Waals surface area contributed by atoms with Crippen molar-refractivity contribution in [2.24, 2.45) is 17.3 Å². The maximum absolute atomic E-state index is 11.5. The van der Waals surface area contributed by atoms with Crippen LogP contribution in [0.3, 0.4) is 0 Å². The molecular formula is C23H34O5. The minimum Gasteiger partial charge on any atom is -0.388 e. The summed E-state index contributed by atoms with van der Waals surface area (Å²) in [5, 5.41) is 22.2. The fourth-order valence-electron chi connectivity index (χ4n) is 7.18. The number of allylic oxidation sites excluding steroid dienone is 3. The Morgan fingerprint density at radius 2 is 2.00 bits per heavy atom. The Bertz CT molecular complexity index is 706. The highest BCUT2D eigenvalue weighted by molar-refractivity contribution is 5.45. The second-order valence-corrected chi connectivity index (χ2v) is 9.83. The van der Waals surface area contributed by atoms with E-state index in [1.165, 1.54) is 11.1 Å². The van der Waals surface area contributed by atoms with Crippen LogP contribution in [0, 0.1) is 17.3 Å². The van der Waals surface area contributed by atoms with Crippen molar-refractivity contribution in [3.63, 3.8) is 0 Å². The molecule has 2 fully saturated rings. The first kappa shape index (κ1) is 19.3. The van der Waals surface area contributed by atoms with Gasteiger partial charge in [0.1, 0.15) is 6.10 Å². The molecule has 0 aromatic heterocycles. The van der Waals surface area contributed by atoms with Crippen LogP contribution in [0.2, 0.25) is 0 Å². The highest BCUT2D eigenvalue weighted by Crippen LogP contribution is 2.63. The van der Waals surface area contributed by atoms with Crippen LogP contribution in [0.5, 0.6) is 0 Å². The van der Waals surface area contributed by atoms with Gasteiger partial charge >= 0.3 is 0 Å². The van der Waals surface area contributed by atoms with E-state index in [1.807, 2.05) is 0 Å². The van der Waals surface area contributed by atoms with E-state index in [0.717, 1.165) is 58.2 Å². The lowest BCUT2D eigenvalue weighted by Crippen LogP contribution is -2.56. The number of hydrogen-bond donors (Lipinski definition) is 2. The zero-order valence-electron chi connectivity index (χ0n) is 17.2. The molecule has 5 nitrogen and oxygen atoms in total. The third kappa shape index (κ3) is 2.56. The van der Waals surface area contributed by atoms with Crippen molar-refractivity contribution < 1.29 is 24.4 Å². The quantitative estimate of drug-likeness (QED) is 0.775. The molecule has 1 saturated heterocycles. The van der Waals surface area contributed by atoms with Gasteiger partial charge in [0.2, 0.25) is 0 Å². The summed E-state index contributed by atoms with van der Waals surface area (Å²) in [5.74, 6) is 0.571. The molecule has 4 aliphatic carbocycles. The molecule has 28 heavy (non-hydrogen) atoms. The van der Waals surface area contributed by atoms with Crippen LogP contribution in [0.4, 0.5) is 0 Å². The first-order valence-electron chi connectivity index (χ1n) is 11.0. The first-order valence-corrected chi connectivity index (χ1v) is 11.0. The van der Waals surface area contributed by atoms with Gasteiger partial charge in [-0.1, -0.05) is 18.6 Å². The molecule has 0 radical (unpaired) electrons. The Morgan fingerprint density at radius 1 is 1.21 bits per heavy atom. The van der Waals surface area contributed by atoms with E-state index in [4.69, 9.17) is 14.2 Å². The molecule has 1 spiro atoms. The Hall–Kier alpha value is -0.720. The largest absolute Gasteiger partial charge is 0.388 e. The van der Waals surface area contributed by atoms with Crippen LogP contribution >= 0.6 is 0 Å². The zero-order valence-corrected chi connectivity index (χ0v) is 17.2. The summed E-state index contributed by atoms with van der Waals surface area (Å²) < 4.78 is 17.1. The molecule has 5 aliphatic rings. The van der Waals surface area contributed by atoms with E-state index < -0.39 is 11.7 Å². The fraction of sp³-hybridized carbons (Fsp3) is 0.826. The molecule has 1 unspecified atom stereocenters. The second-order valence-electron chi connectivity index (χ2n) is 9.83. The first-order chi connectivity index (χ1) is 13.4. The van der Waals surface area contributed by atoms with Gasteiger partial charge in [-0.25, -0.2) is 0 Å². The maximum atomic E-state index is 11.5. The molecule has 1 saturated carbocycles.